The minimum Gasteiger partial charge on any atom is -0.322 e. The van der Waals surface area contributed by atoms with Crippen LogP contribution in [0.4, 0.5) is 5.69 Å². The van der Waals surface area contributed by atoms with E-state index in [1.165, 1.54) is 0 Å². The predicted molar refractivity (Wildman–Crippen MR) is 53.1 cm³/mol. The molecule has 2 aromatic rings. The van der Waals surface area contributed by atoms with E-state index in [0.29, 0.717) is 0 Å². The number of hydrogen-bond acceptors (Lipinski definition) is 2. The summed E-state index contributed by atoms with van der Waals surface area (Å²) in [6.45, 7) is 1.87. The van der Waals surface area contributed by atoms with Crippen LogP contribution < -0.4 is 5.32 Å². The normalized spacial score (nSPS) is 19.8. The molecule has 0 aliphatic carbocycles. The summed E-state index contributed by atoms with van der Waals surface area (Å²) >= 11 is 0. The fourth-order valence-corrected chi connectivity index (χ4v) is 1.85. The summed E-state index contributed by atoms with van der Waals surface area (Å²) in [6, 6.07) is 5.56. The molecule has 0 saturated heterocycles. The van der Waals surface area contributed by atoms with Crippen LogP contribution in [0.3, 0.4) is 0 Å². The van der Waals surface area contributed by atoms with Gasteiger partial charge in [0.15, 0.2) is 0 Å². The van der Waals surface area contributed by atoms with Gasteiger partial charge in [0.2, 0.25) is 5.91 Å². The van der Waals surface area contributed by atoms with Crippen LogP contribution in [0.15, 0.2) is 24.5 Å². The number of anilines is 1. The third-order valence-electron chi connectivity index (χ3n) is 2.65. The minimum atomic E-state index is -0.171. The second kappa shape index (κ2) is 2.35. The first-order chi connectivity index (χ1) is 6.77. The fourth-order valence-electron chi connectivity index (χ4n) is 1.85. The van der Waals surface area contributed by atoms with Gasteiger partial charge in [-0.05, 0) is 19.1 Å². The highest BCUT2D eigenvalue weighted by atomic mass is 16.2. The van der Waals surface area contributed by atoms with Crippen molar-refractivity contribution in [1.29, 1.82) is 0 Å². The van der Waals surface area contributed by atoms with Crippen molar-refractivity contribution in [3.05, 3.63) is 24.5 Å². The van der Waals surface area contributed by atoms with E-state index in [-0.39, 0.29) is 11.9 Å². The van der Waals surface area contributed by atoms with Gasteiger partial charge in [0.1, 0.15) is 6.04 Å². The topological polar surface area (TPSA) is 46.9 Å². The van der Waals surface area contributed by atoms with Crippen LogP contribution in [-0.2, 0) is 4.79 Å². The van der Waals surface area contributed by atoms with Crippen molar-refractivity contribution in [1.82, 2.24) is 9.55 Å². The second-order valence-corrected chi connectivity index (χ2v) is 3.49. The Labute approximate surface area is 80.6 Å². The summed E-state index contributed by atoms with van der Waals surface area (Å²) in [5.41, 5.74) is 2.79. The number of benzene rings is 1. The molecule has 0 fully saturated rings. The van der Waals surface area contributed by atoms with E-state index in [9.17, 15) is 4.79 Å². The maximum atomic E-state index is 11.5. The van der Waals surface area contributed by atoms with Crippen LogP contribution in [0.1, 0.15) is 13.0 Å². The van der Waals surface area contributed by atoms with Crippen LogP contribution in [0.2, 0.25) is 0 Å². The van der Waals surface area contributed by atoms with Gasteiger partial charge in [-0.1, -0.05) is 6.07 Å². The van der Waals surface area contributed by atoms with E-state index in [1.54, 1.807) is 6.33 Å². The Bertz CT molecular complexity index is 529. The van der Waals surface area contributed by atoms with Crippen molar-refractivity contribution in [2.75, 3.05) is 5.32 Å². The quantitative estimate of drug-likeness (QED) is 0.680. The average Bonchev–Trinajstić information content (AvgIpc) is 2.60. The predicted octanol–water partition coefficient (Wildman–Crippen LogP) is 1.55. The molecule has 1 amide bonds. The Morgan fingerprint density at radius 3 is 3.21 bits per heavy atom. The zero-order valence-corrected chi connectivity index (χ0v) is 7.69. The minimum absolute atomic E-state index is 0.0167. The molecule has 0 unspecified atom stereocenters. The lowest BCUT2D eigenvalue weighted by molar-refractivity contribution is -0.118. The van der Waals surface area contributed by atoms with Crippen LogP contribution in [-0.4, -0.2) is 15.5 Å². The Hall–Kier alpha value is -1.84. The SMILES string of the molecule is C[C@H]1C(=O)Nc2cccc3ncn1c23. The highest BCUT2D eigenvalue weighted by Crippen LogP contribution is 2.29. The summed E-state index contributed by atoms with van der Waals surface area (Å²) in [5, 5.41) is 2.86. The largest absolute Gasteiger partial charge is 0.322 e. The van der Waals surface area contributed by atoms with Gasteiger partial charge in [-0.15, -0.1) is 0 Å². The molecule has 4 heteroatoms. The molecule has 1 atom stereocenters. The number of carbonyl (C=O) groups is 1. The maximum Gasteiger partial charge on any atom is 0.247 e. The lowest BCUT2D eigenvalue weighted by atomic mass is 10.2. The molecule has 0 bridgehead atoms. The Balaban J connectivity index is 2.44. The zero-order chi connectivity index (χ0) is 9.71. The van der Waals surface area contributed by atoms with E-state index in [2.05, 4.69) is 10.3 Å². The third kappa shape index (κ3) is 0.775. The molecule has 3 rings (SSSR count). The number of hydrogen-bond donors (Lipinski definition) is 1. The van der Waals surface area contributed by atoms with Crippen molar-refractivity contribution in [3.8, 4) is 0 Å². The van der Waals surface area contributed by atoms with Gasteiger partial charge < -0.3 is 9.88 Å². The lowest BCUT2D eigenvalue weighted by Crippen LogP contribution is -2.27. The first-order valence-corrected chi connectivity index (χ1v) is 4.54. The Kier molecular flexibility index (Phi) is 1.27. The number of amides is 1. The molecule has 1 aliphatic heterocycles. The molecule has 1 aromatic heterocycles. The molecule has 4 nitrogen and oxygen atoms in total. The van der Waals surface area contributed by atoms with Gasteiger partial charge in [-0.2, -0.15) is 0 Å². The number of para-hydroxylation sites is 1. The molecule has 1 N–H and O–H groups in total. The van der Waals surface area contributed by atoms with Crippen molar-refractivity contribution >= 4 is 22.6 Å². The van der Waals surface area contributed by atoms with Crippen LogP contribution in [0.5, 0.6) is 0 Å². The van der Waals surface area contributed by atoms with Gasteiger partial charge in [0.25, 0.3) is 0 Å². The average molecular weight is 187 g/mol. The first-order valence-electron chi connectivity index (χ1n) is 4.54. The fraction of sp³-hybridized carbons (Fsp3) is 0.200. The molecule has 0 radical (unpaired) electrons. The lowest BCUT2D eigenvalue weighted by Gasteiger charge is -2.21. The van der Waals surface area contributed by atoms with Crippen molar-refractivity contribution in [2.45, 2.75) is 13.0 Å². The van der Waals surface area contributed by atoms with E-state index in [4.69, 9.17) is 0 Å². The van der Waals surface area contributed by atoms with Crippen molar-refractivity contribution < 1.29 is 4.79 Å². The number of nitrogens with zero attached hydrogens (tertiary/aromatic N) is 2. The first kappa shape index (κ1) is 7.55. The summed E-state index contributed by atoms with van der Waals surface area (Å²) in [7, 11) is 0. The van der Waals surface area contributed by atoms with E-state index in [0.717, 1.165) is 16.7 Å². The highest BCUT2D eigenvalue weighted by molar-refractivity contribution is 6.04. The smallest absolute Gasteiger partial charge is 0.247 e. The molecular weight excluding hydrogens is 178 g/mol. The number of carbonyl (C=O) groups excluding carboxylic acids is 1. The van der Waals surface area contributed by atoms with Gasteiger partial charge in [-0.3, -0.25) is 4.79 Å². The molecule has 14 heavy (non-hydrogen) atoms. The highest BCUT2D eigenvalue weighted by Gasteiger charge is 2.24. The third-order valence-corrected chi connectivity index (χ3v) is 2.65. The van der Waals surface area contributed by atoms with E-state index < -0.39 is 0 Å². The van der Waals surface area contributed by atoms with Crippen molar-refractivity contribution in [3.63, 3.8) is 0 Å². The van der Waals surface area contributed by atoms with Gasteiger partial charge in [0.05, 0.1) is 23.0 Å². The van der Waals surface area contributed by atoms with Crippen LogP contribution in [0, 0.1) is 0 Å². The Morgan fingerprint density at radius 2 is 2.36 bits per heavy atom. The maximum absolute atomic E-state index is 11.5. The number of aromatic nitrogens is 2. The summed E-state index contributed by atoms with van der Waals surface area (Å²) in [5.74, 6) is 0.0167. The van der Waals surface area contributed by atoms with E-state index >= 15 is 0 Å². The van der Waals surface area contributed by atoms with Crippen LogP contribution >= 0.6 is 0 Å². The van der Waals surface area contributed by atoms with Gasteiger partial charge >= 0.3 is 0 Å². The molecule has 2 heterocycles. The van der Waals surface area contributed by atoms with Crippen molar-refractivity contribution in [2.24, 2.45) is 0 Å². The zero-order valence-electron chi connectivity index (χ0n) is 7.69. The summed E-state index contributed by atoms with van der Waals surface area (Å²) in [6.07, 6.45) is 1.72. The molecular formula is C10H9N3O. The monoisotopic (exact) mass is 187 g/mol. The van der Waals surface area contributed by atoms with Gasteiger partial charge in [-0.25, -0.2) is 4.98 Å². The van der Waals surface area contributed by atoms with Crippen LogP contribution in [0.25, 0.3) is 11.0 Å². The molecule has 0 spiro atoms. The second-order valence-electron chi connectivity index (χ2n) is 3.49. The number of imidazole rings is 1. The summed E-state index contributed by atoms with van der Waals surface area (Å²) < 4.78 is 1.91. The molecule has 70 valence electrons. The van der Waals surface area contributed by atoms with E-state index in [1.807, 2.05) is 29.7 Å². The molecule has 0 saturated carbocycles. The number of rotatable bonds is 0. The standard InChI is InChI=1S/C10H9N3O/c1-6-10(14)12-8-4-2-3-7-9(8)13(6)5-11-7/h2-6H,1H3,(H,12,14)/t6-/m0/s1. The number of nitrogens with one attached hydrogen (secondary N) is 1. The van der Waals surface area contributed by atoms with Gasteiger partial charge in [0, 0.05) is 0 Å². The molecule has 1 aliphatic rings. The molecule has 1 aromatic carbocycles. The Morgan fingerprint density at radius 1 is 1.50 bits per heavy atom. The summed E-state index contributed by atoms with van der Waals surface area (Å²) in [4.78, 5) is 15.8.